The summed E-state index contributed by atoms with van der Waals surface area (Å²) in [5.41, 5.74) is 0.461. The Labute approximate surface area is 119 Å². The molecule has 1 heterocycles. The Morgan fingerprint density at radius 3 is 2.50 bits per heavy atom. The van der Waals surface area contributed by atoms with Gasteiger partial charge in [0.15, 0.2) is 0 Å². The number of hydrogen-bond acceptors (Lipinski definition) is 3. The van der Waals surface area contributed by atoms with Gasteiger partial charge in [0.1, 0.15) is 5.60 Å². The van der Waals surface area contributed by atoms with Crippen LogP contribution in [0.3, 0.4) is 0 Å². The molecular formula is C16H19NO3. The average molecular weight is 273 g/mol. The number of hydrogen-bond donors (Lipinski definition) is 0. The van der Waals surface area contributed by atoms with Crippen LogP contribution in [-0.4, -0.2) is 28.5 Å². The van der Waals surface area contributed by atoms with E-state index < -0.39 is 11.7 Å². The summed E-state index contributed by atoms with van der Waals surface area (Å²) in [6, 6.07) is 9.49. The smallest absolute Gasteiger partial charge is 0.417 e. The van der Waals surface area contributed by atoms with E-state index in [-0.39, 0.29) is 11.9 Å². The largest absolute Gasteiger partial charge is 0.443 e. The second-order valence-corrected chi connectivity index (χ2v) is 5.80. The highest BCUT2D eigenvalue weighted by atomic mass is 16.6. The molecule has 1 aliphatic heterocycles. The molecule has 0 bridgehead atoms. The van der Waals surface area contributed by atoms with Gasteiger partial charge in [-0.3, -0.25) is 4.79 Å². The molecule has 0 N–H and O–H groups in total. The molecular weight excluding hydrogens is 254 g/mol. The van der Waals surface area contributed by atoms with Crippen LogP contribution in [0.5, 0.6) is 0 Å². The molecule has 4 nitrogen and oxygen atoms in total. The Morgan fingerprint density at radius 1 is 1.25 bits per heavy atom. The van der Waals surface area contributed by atoms with Crippen LogP contribution >= 0.6 is 0 Å². The second kappa shape index (κ2) is 5.49. The molecule has 0 aromatic heterocycles. The summed E-state index contributed by atoms with van der Waals surface area (Å²) in [6.45, 7) is 5.35. The summed E-state index contributed by atoms with van der Waals surface area (Å²) in [5.74, 6) is -0.319. The zero-order chi connectivity index (χ0) is 14.8. The lowest BCUT2D eigenvalue weighted by Gasteiger charge is -2.27. The van der Waals surface area contributed by atoms with E-state index in [0.717, 1.165) is 5.56 Å². The van der Waals surface area contributed by atoms with Crippen molar-refractivity contribution in [2.24, 2.45) is 0 Å². The first-order valence-electron chi connectivity index (χ1n) is 6.65. The Kier molecular flexibility index (Phi) is 3.93. The summed E-state index contributed by atoms with van der Waals surface area (Å²) >= 11 is 0. The molecule has 1 aromatic carbocycles. The van der Waals surface area contributed by atoms with Gasteiger partial charge in [-0.25, -0.2) is 9.69 Å². The van der Waals surface area contributed by atoms with E-state index in [9.17, 15) is 9.59 Å². The maximum atomic E-state index is 12.1. The minimum absolute atomic E-state index is 0.278. The lowest BCUT2D eigenvalue weighted by atomic mass is 10.1. The molecule has 2 amide bonds. The van der Waals surface area contributed by atoms with E-state index >= 15 is 0 Å². The van der Waals surface area contributed by atoms with Crippen LogP contribution in [0, 0.1) is 0 Å². The first-order chi connectivity index (χ1) is 9.37. The standard InChI is InChI=1S/C16H19NO3/c1-16(2,3)20-15(19)17-13(9-10-14(17)18)11-12-7-5-4-6-8-12/h4-10,13H,11H2,1-3H3. The van der Waals surface area contributed by atoms with Crippen molar-refractivity contribution < 1.29 is 14.3 Å². The fraction of sp³-hybridized carbons (Fsp3) is 0.375. The highest BCUT2D eigenvalue weighted by Gasteiger charge is 2.34. The van der Waals surface area contributed by atoms with Crippen LogP contribution in [0.1, 0.15) is 26.3 Å². The van der Waals surface area contributed by atoms with E-state index in [1.54, 1.807) is 26.8 Å². The maximum Gasteiger partial charge on any atom is 0.417 e. The molecule has 0 radical (unpaired) electrons. The third kappa shape index (κ3) is 3.47. The predicted molar refractivity (Wildman–Crippen MR) is 76.2 cm³/mol. The number of nitrogens with zero attached hydrogens (tertiary/aromatic N) is 1. The number of amides is 2. The monoisotopic (exact) mass is 273 g/mol. The molecule has 0 spiro atoms. The van der Waals surface area contributed by atoms with Crippen LogP contribution < -0.4 is 0 Å². The van der Waals surface area contributed by atoms with E-state index in [4.69, 9.17) is 4.74 Å². The average Bonchev–Trinajstić information content (AvgIpc) is 2.69. The van der Waals surface area contributed by atoms with Gasteiger partial charge in [-0.1, -0.05) is 36.4 Å². The van der Waals surface area contributed by atoms with Crippen molar-refractivity contribution in [3.8, 4) is 0 Å². The minimum Gasteiger partial charge on any atom is -0.443 e. The summed E-state index contributed by atoms with van der Waals surface area (Å²) in [7, 11) is 0. The van der Waals surface area contributed by atoms with E-state index in [1.165, 1.54) is 11.0 Å². The van der Waals surface area contributed by atoms with Crippen molar-refractivity contribution >= 4 is 12.0 Å². The molecule has 0 fully saturated rings. The Morgan fingerprint density at radius 2 is 1.90 bits per heavy atom. The van der Waals surface area contributed by atoms with Crippen LogP contribution in [0.2, 0.25) is 0 Å². The van der Waals surface area contributed by atoms with Crippen molar-refractivity contribution in [2.75, 3.05) is 0 Å². The highest BCUT2D eigenvalue weighted by Crippen LogP contribution is 2.20. The number of carbonyl (C=O) groups is 2. The highest BCUT2D eigenvalue weighted by molar-refractivity contribution is 6.01. The van der Waals surface area contributed by atoms with E-state index in [1.807, 2.05) is 30.3 Å². The number of rotatable bonds is 2. The Hall–Kier alpha value is -2.10. The molecule has 0 aliphatic carbocycles. The van der Waals surface area contributed by atoms with Gasteiger partial charge in [0, 0.05) is 6.08 Å². The second-order valence-electron chi connectivity index (χ2n) is 5.80. The number of carbonyl (C=O) groups excluding carboxylic acids is 2. The summed E-state index contributed by atoms with van der Waals surface area (Å²) < 4.78 is 5.29. The van der Waals surface area contributed by atoms with Crippen molar-refractivity contribution in [1.82, 2.24) is 4.90 Å². The molecule has 1 atom stereocenters. The fourth-order valence-corrected chi connectivity index (χ4v) is 2.07. The number of imide groups is 1. The summed E-state index contributed by atoms with van der Waals surface area (Å²) in [5, 5.41) is 0. The molecule has 2 rings (SSSR count). The summed E-state index contributed by atoms with van der Waals surface area (Å²) in [4.78, 5) is 25.1. The van der Waals surface area contributed by atoms with E-state index in [2.05, 4.69) is 0 Å². The SMILES string of the molecule is CC(C)(C)OC(=O)N1C(=O)C=CC1Cc1ccccc1. The fourth-order valence-electron chi connectivity index (χ4n) is 2.07. The molecule has 1 unspecified atom stereocenters. The van der Waals surface area contributed by atoms with Gasteiger partial charge >= 0.3 is 6.09 Å². The van der Waals surface area contributed by atoms with Crippen LogP contribution in [-0.2, 0) is 16.0 Å². The van der Waals surface area contributed by atoms with Crippen LogP contribution in [0.15, 0.2) is 42.5 Å². The Bertz CT molecular complexity index is 528. The van der Waals surface area contributed by atoms with Gasteiger partial charge in [-0.2, -0.15) is 0 Å². The maximum absolute atomic E-state index is 12.1. The lowest BCUT2D eigenvalue weighted by Crippen LogP contribution is -2.43. The number of ether oxygens (including phenoxy) is 1. The molecule has 0 saturated heterocycles. The molecule has 4 heteroatoms. The Balaban J connectivity index is 2.10. The van der Waals surface area contributed by atoms with Gasteiger partial charge < -0.3 is 4.74 Å². The van der Waals surface area contributed by atoms with Gasteiger partial charge in [0.05, 0.1) is 6.04 Å². The zero-order valence-electron chi connectivity index (χ0n) is 12.0. The predicted octanol–water partition coefficient (Wildman–Crippen LogP) is 2.93. The van der Waals surface area contributed by atoms with Crippen LogP contribution in [0.25, 0.3) is 0 Å². The van der Waals surface area contributed by atoms with Gasteiger partial charge in [-0.05, 0) is 32.8 Å². The van der Waals surface area contributed by atoms with Crippen molar-refractivity contribution in [1.29, 1.82) is 0 Å². The first-order valence-corrected chi connectivity index (χ1v) is 6.65. The van der Waals surface area contributed by atoms with Crippen molar-refractivity contribution in [2.45, 2.75) is 38.8 Å². The summed E-state index contributed by atoms with van der Waals surface area (Å²) in [6.07, 6.45) is 3.19. The molecule has 20 heavy (non-hydrogen) atoms. The topological polar surface area (TPSA) is 46.6 Å². The van der Waals surface area contributed by atoms with Crippen molar-refractivity contribution in [3.05, 3.63) is 48.0 Å². The molecule has 0 saturated carbocycles. The van der Waals surface area contributed by atoms with Crippen LogP contribution in [0.4, 0.5) is 4.79 Å². The first kappa shape index (κ1) is 14.3. The normalized spacial score (nSPS) is 18.4. The number of benzene rings is 1. The lowest BCUT2D eigenvalue weighted by molar-refractivity contribution is -0.125. The van der Waals surface area contributed by atoms with E-state index in [0.29, 0.717) is 6.42 Å². The van der Waals surface area contributed by atoms with Gasteiger partial charge in [0.2, 0.25) is 0 Å². The van der Waals surface area contributed by atoms with Crippen molar-refractivity contribution in [3.63, 3.8) is 0 Å². The molecule has 1 aromatic rings. The van der Waals surface area contributed by atoms with Gasteiger partial charge in [-0.15, -0.1) is 0 Å². The zero-order valence-corrected chi connectivity index (χ0v) is 12.0. The molecule has 106 valence electrons. The molecule has 1 aliphatic rings. The quantitative estimate of drug-likeness (QED) is 0.832. The third-order valence-corrected chi connectivity index (χ3v) is 2.91. The minimum atomic E-state index is -0.614. The third-order valence-electron chi connectivity index (χ3n) is 2.91. The van der Waals surface area contributed by atoms with Gasteiger partial charge in [0.25, 0.3) is 5.91 Å².